The van der Waals surface area contributed by atoms with E-state index in [4.69, 9.17) is 0 Å². The molecule has 3 rings (SSSR count). The van der Waals surface area contributed by atoms with Crippen LogP contribution < -0.4 is 5.32 Å². The predicted molar refractivity (Wildman–Crippen MR) is 89.1 cm³/mol. The van der Waals surface area contributed by atoms with E-state index >= 15 is 0 Å². The number of hydrogen-bond donors (Lipinski definition) is 2. The minimum atomic E-state index is -5.14. The molecule has 1 atom stereocenters. The molecule has 1 aliphatic rings. The van der Waals surface area contributed by atoms with Crippen molar-refractivity contribution in [1.82, 2.24) is 0 Å². The Kier molecular flexibility index (Phi) is 4.42. The van der Waals surface area contributed by atoms with Crippen LogP contribution in [0.15, 0.2) is 34.5 Å². The molecule has 1 aromatic carbocycles. The quantitative estimate of drug-likeness (QED) is 0.822. The van der Waals surface area contributed by atoms with E-state index in [0.29, 0.717) is 22.4 Å². The molecule has 0 fully saturated rings. The summed E-state index contributed by atoms with van der Waals surface area (Å²) in [6.07, 6.45) is -5.14. The molecular weight excluding hydrogens is 375 g/mol. The molecule has 25 heavy (non-hydrogen) atoms. The van der Waals surface area contributed by atoms with Crippen LogP contribution in [-0.2, 0) is 10.5 Å². The number of halogens is 3. The van der Waals surface area contributed by atoms with Gasteiger partial charge in [-0.25, -0.2) is 0 Å². The average Bonchev–Trinajstić information content (AvgIpc) is 2.95. The maximum atomic E-state index is 12.8. The summed E-state index contributed by atoms with van der Waals surface area (Å²) in [7, 11) is 0. The Labute approximate surface area is 149 Å². The van der Waals surface area contributed by atoms with E-state index in [1.54, 1.807) is 11.4 Å². The Hall–Kier alpha value is -1.84. The van der Waals surface area contributed by atoms with Crippen molar-refractivity contribution in [2.45, 2.75) is 29.3 Å². The summed E-state index contributed by atoms with van der Waals surface area (Å²) in [6.45, 7) is 0.373. The number of amides is 1. The number of fused-ring (bicyclic) bond motifs is 2. The molecule has 0 saturated carbocycles. The van der Waals surface area contributed by atoms with Crippen molar-refractivity contribution in [2.75, 3.05) is 5.32 Å². The Balaban J connectivity index is 2.01. The van der Waals surface area contributed by atoms with Crippen molar-refractivity contribution in [1.29, 1.82) is 0 Å². The van der Waals surface area contributed by atoms with Gasteiger partial charge in [-0.15, -0.1) is 23.1 Å². The first kappa shape index (κ1) is 18.0. The molecule has 0 aliphatic carbocycles. The standard InChI is InChI=1S/C16H12F3NO3S2/c1-15(23,16(17,18)19)14(22)20-9-3-2-4-10-11(9)12(21)13-8(7-25-10)5-6-24-13/h2-6,23H,7H2,1H3,(H,20,22). The number of thioether (sulfide) groups is 1. The van der Waals surface area contributed by atoms with Crippen molar-refractivity contribution in [2.24, 2.45) is 0 Å². The van der Waals surface area contributed by atoms with E-state index in [2.05, 4.69) is 5.32 Å². The van der Waals surface area contributed by atoms with E-state index in [1.807, 2.05) is 6.07 Å². The van der Waals surface area contributed by atoms with Crippen LogP contribution in [-0.4, -0.2) is 28.6 Å². The Morgan fingerprint density at radius 1 is 1.28 bits per heavy atom. The van der Waals surface area contributed by atoms with Crippen LogP contribution in [0.1, 0.15) is 27.7 Å². The molecular formula is C16H12F3NO3S2. The highest BCUT2D eigenvalue weighted by molar-refractivity contribution is 7.98. The second-order valence-corrected chi connectivity index (χ2v) is 7.53. The lowest BCUT2D eigenvalue weighted by Gasteiger charge is -2.25. The van der Waals surface area contributed by atoms with Gasteiger partial charge in [0.15, 0.2) is 0 Å². The van der Waals surface area contributed by atoms with Gasteiger partial charge in [-0.3, -0.25) is 9.59 Å². The van der Waals surface area contributed by atoms with Crippen molar-refractivity contribution < 1.29 is 27.9 Å². The van der Waals surface area contributed by atoms with E-state index in [-0.39, 0.29) is 17.0 Å². The van der Waals surface area contributed by atoms with E-state index in [1.165, 1.54) is 35.2 Å². The minimum absolute atomic E-state index is 0.0502. The molecule has 0 saturated heterocycles. The molecule has 4 nitrogen and oxygen atoms in total. The largest absolute Gasteiger partial charge is 0.426 e. The van der Waals surface area contributed by atoms with Crippen LogP contribution in [0.2, 0.25) is 0 Å². The van der Waals surface area contributed by atoms with E-state index in [0.717, 1.165) is 5.56 Å². The number of ketones is 1. The van der Waals surface area contributed by atoms with Crippen molar-refractivity contribution >= 4 is 40.5 Å². The topological polar surface area (TPSA) is 66.4 Å². The molecule has 0 radical (unpaired) electrons. The van der Waals surface area contributed by atoms with Gasteiger partial charge < -0.3 is 10.4 Å². The summed E-state index contributed by atoms with van der Waals surface area (Å²) >= 11 is 2.61. The number of carbonyl (C=O) groups excluding carboxylic acids is 2. The zero-order valence-corrected chi connectivity index (χ0v) is 14.4. The third-order valence-corrected chi connectivity index (χ3v) is 5.89. The Morgan fingerprint density at radius 3 is 2.68 bits per heavy atom. The maximum Gasteiger partial charge on any atom is 0.426 e. The molecule has 1 amide bonds. The lowest BCUT2D eigenvalue weighted by atomic mass is 10.0. The highest BCUT2D eigenvalue weighted by Crippen LogP contribution is 2.39. The minimum Gasteiger partial charge on any atom is -0.373 e. The van der Waals surface area contributed by atoms with Crippen molar-refractivity contribution in [3.8, 4) is 0 Å². The third kappa shape index (κ3) is 3.07. The lowest BCUT2D eigenvalue weighted by Crippen LogP contribution is -2.52. The number of alkyl halides is 3. The third-order valence-electron chi connectivity index (χ3n) is 3.83. The van der Waals surface area contributed by atoms with Gasteiger partial charge >= 0.3 is 6.18 Å². The fourth-order valence-electron chi connectivity index (χ4n) is 2.28. The summed E-state index contributed by atoms with van der Waals surface area (Å²) in [5, 5.41) is 13.3. The summed E-state index contributed by atoms with van der Waals surface area (Å²) in [5.41, 5.74) is -2.63. The summed E-state index contributed by atoms with van der Waals surface area (Å²) in [6, 6.07) is 6.38. The SMILES string of the molecule is CC(O)(C(=O)Nc1cccc2c1C(=O)c1sccc1CS2)C(F)(F)F. The highest BCUT2D eigenvalue weighted by atomic mass is 32.2. The van der Waals surface area contributed by atoms with Gasteiger partial charge in [-0.05, 0) is 36.1 Å². The van der Waals surface area contributed by atoms with Crippen LogP contribution in [0.25, 0.3) is 0 Å². The van der Waals surface area contributed by atoms with Gasteiger partial charge in [0, 0.05) is 10.6 Å². The summed E-state index contributed by atoms with van der Waals surface area (Å²) in [4.78, 5) is 25.8. The number of aliphatic hydroxyl groups is 1. The van der Waals surface area contributed by atoms with Gasteiger partial charge in [0.1, 0.15) is 0 Å². The number of nitrogens with one attached hydrogen (secondary N) is 1. The average molecular weight is 387 g/mol. The lowest BCUT2D eigenvalue weighted by molar-refractivity contribution is -0.242. The van der Waals surface area contributed by atoms with Crippen molar-refractivity contribution in [3.05, 3.63) is 45.6 Å². The number of rotatable bonds is 2. The molecule has 9 heteroatoms. The van der Waals surface area contributed by atoms with Gasteiger partial charge in [-0.1, -0.05) is 6.07 Å². The monoisotopic (exact) mass is 387 g/mol. The van der Waals surface area contributed by atoms with E-state index in [9.17, 15) is 27.9 Å². The Bertz CT molecular complexity index is 859. The molecule has 1 unspecified atom stereocenters. The highest BCUT2D eigenvalue weighted by Gasteiger charge is 2.56. The normalized spacial score (nSPS) is 16.4. The maximum absolute atomic E-state index is 12.8. The fourth-order valence-corrected chi connectivity index (χ4v) is 4.31. The second-order valence-electron chi connectivity index (χ2n) is 5.60. The molecule has 2 aromatic rings. The molecule has 1 aliphatic heterocycles. The number of benzene rings is 1. The van der Waals surface area contributed by atoms with Gasteiger partial charge in [-0.2, -0.15) is 13.2 Å². The van der Waals surface area contributed by atoms with Gasteiger partial charge in [0.05, 0.1) is 16.1 Å². The summed E-state index contributed by atoms with van der Waals surface area (Å²) < 4.78 is 38.5. The van der Waals surface area contributed by atoms with Crippen molar-refractivity contribution in [3.63, 3.8) is 0 Å². The van der Waals surface area contributed by atoms with Gasteiger partial charge in [0.25, 0.3) is 5.91 Å². The Morgan fingerprint density at radius 2 is 2.00 bits per heavy atom. The van der Waals surface area contributed by atoms with Gasteiger partial charge in [0.2, 0.25) is 11.4 Å². The number of thiophene rings is 1. The summed E-state index contributed by atoms with van der Waals surface area (Å²) in [5.74, 6) is -1.44. The molecule has 0 bridgehead atoms. The molecule has 2 N–H and O–H groups in total. The zero-order valence-electron chi connectivity index (χ0n) is 12.8. The second kappa shape index (κ2) is 6.15. The van der Waals surface area contributed by atoms with Crippen LogP contribution in [0, 0.1) is 0 Å². The zero-order chi connectivity index (χ0) is 18.4. The molecule has 132 valence electrons. The molecule has 1 aromatic heterocycles. The first-order chi connectivity index (χ1) is 11.6. The smallest absolute Gasteiger partial charge is 0.373 e. The molecule has 0 spiro atoms. The van der Waals surface area contributed by atoms with Crippen LogP contribution in [0.5, 0.6) is 0 Å². The van der Waals surface area contributed by atoms with Crippen LogP contribution in [0.3, 0.4) is 0 Å². The van der Waals surface area contributed by atoms with Crippen LogP contribution in [0.4, 0.5) is 18.9 Å². The van der Waals surface area contributed by atoms with E-state index < -0.39 is 17.7 Å². The molecule has 2 heterocycles. The number of carbonyl (C=O) groups is 2. The predicted octanol–water partition coefficient (Wildman–Crippen LogP) is 3.84. The van der Waals surface area contributed by atoms with Crippen LogP contribution >= 0.6 is 23.1 Å². The first-order valence-corrected chi connectivity index (χ1v) is 8.97. The number of hydrogen-bond acceptors (Lipinski definition) is 5. The fraction of sp³-hybridized carbons (Fsp3) is 0.250. The number of anilines is 1. The first-order valence-electron chi connectivity index (χ1n) is 7.10.